The largest absolute Gasteiger partial charge is 0.392 e. The predicted molar refractivity (Wildman–Crippen MR) is 106 cm³/mol. The minimum absolute atomic E-state index is 0.0262. The fraction of sp³-hybridized carbons (Fsp3) is 0.150. The summed E-state index contributed by atoms with van der Waals surface area (Å²) in [5, 5.41) is 17.7. The molecule has 1 aromatic carbocycles. The van der Waals surface area contributed by atoms with Gasteiger partial charge in [0.05, 0.1) is 28.7 Å². The fourth-order valence-electron chi connectivity index (χ4n) is 2.80. The lowest BCUT2D eigenvalue weighted by Crippen LogP contribution is -1.86. The lowest BCUT2D eigenvalue weighted by atomic mass is 10.1. The average Bonchev–Trinajstić information content (AvgIpc) is 3.05. The minimum atomic E-state index is 0.0262. The van der Waals surface area contributed by atoms with Crippen LogP contribution in [0.4, 0.5) is 5.95 Å². The van der Waals surface area contributed by atoms with Crippen molar-refractivity contribution < 1.29 is 5.11 Å². The van der Waals surface area contributed by atoms with Gasteiger partial charge in [0.25, 0.3) is 5.95 Å². The highest BCUT2D eigenvalue weighted by molar-refractivity contribution is 7.22. The second-order valence-corrected chi connectivity index (χ2v) is 7.07. The Morgan fingerprint density at radius 1 is 1.11 bits per heavy atom. The van der Waals surface area contributed by atoms with Gasteiger partial charge < -0.3 is 5.11 Å². The van der Waals surface area contributed by atoms with Crippen molar-refractivity contribution in [2.45, 2.75) is 20.1 Å². The number of rotatable bonds is 5. The molecule has 0 unspecified atom stereocenters. The monoisotopic (exact) mass is 375 g/mol. The summed E-state index contributed by atoms with van der Waals surface area (Å²) in [6, 6.07) is 13.6. The smallest absolute Gasteiger partial charge is 0.269 e. The van der Waals surface area contributed by atoms with Crippen molar-refractivity contribution in [1.82, 2.24) is 15.0 Å². The number of benzene rings is 1. The van der Waals surface area contributed by atoms with Gasteiger partial charge in [-0.2, -0.15) is 5.11 Å². The van der Waals surface area contributed by atoms with Crippen LogP contribution in [0.5, 0.6) is 0 Å². The second-order valence-electron chi connectivity index (χ2n) is 6.02. The zero-order valence-corrected chi connectivity index (χ0v) is 15.5. The summed E-state index contributed by atoms with van der Waals surface area (Å²) in [6.07, 6.45) is 3.52. The number of hydrogen-bond donors (Lipinski definition) is 1. The standard InChI is InChI=1S/C20H17N5OS/c1-13-18-17(27-19(13)15-6-4-5-14(9-15)12-26)11-22-20(24-18)25-23-10-16-7-2-3-8-21-16/h2-9,11,26H,10,12H2,1H3. The van der Waals surface area contributed by atoms with Gasteiger partial charge in [0.15, 0.2) is 0 Å². The van der Waals surface area contributed by atoms with Crippen LogP contribution in [0.3, 0.4) is 0 Å². The van der Waals surface area contributed by atoms with Crippen LogP contribution in [0.15, 0.2) is 65.1 Å². The SMILES string of the molecule is Cc1c(-c2cccc(CO)c2)sc2cnc(N=NCc3ccccn3)nc12. The van der Waals surface area contributed by atoms with Crippen molar-refractivity contribution in [1.29, 1.82) is 0 Å². The molecule has 6 nitrogen and oxygen atoms in total. The summed E-state index contributed by atoms with van der Waals surface area (Å²) in [5.74, 6) is 0.343. The molecule has 0 amide bonds. The molecule has 4 aromatic rings. The summed E-state index contributed by atoms with van der Waals surface area (Å²) in [5.41, 5.74) is 4.76. The van der Waals surface area contributed by atoms with Gasteiger partial charge in [0.1, 0.15) is 6.54 Å². The van der Waals surface area contributed by atoms with Crippen LogP contribution < -0.4 is 0 Å². The highest BCUT2D eigenvalue weighted by atomic mass is 32.1. The molecule has 0 aliphatic rings. The van der Waals surface area contributed by atoms with Crippen molar-refractivity contribution in [3.8, 4) is 10.4 Å². The molecular weight excluding hydrogens is 358 g/mol. The van der Waals surface area contributed by atoms with Crippen LogP contribution in [0.2, 0.25) is 0 Å². The third kappa shape index (κ3) is 3.74. The first-order chi connectivity index (χ1) is 13.2. The summed E-state index contributed by atoms with van der Waals surface area (Å²) < 4.78 is 1.00. The first-order valence-electron chi connectivity index (χ1n) is 8.48. The first-order valence-corrected chi connectivity index (χ1v) is 9.30. The maximum absolute atomic E-state index is 9.37. The zero-order valence-electron chi connectivity index (χ0n) is 14.7. The number of hydrogen-bond acceptors (Lipinski definition) is 7. The molecule has 0 saturated carbocycles. The number of aromatic nitrogens is 3. The lowest BCUT2D eigenvalue weighted by molar-refractivity contribution is 0.282. The van der Waals surface area contributed by atoms with Gasteiger partial charge in [-0.15, -0.1) is 16.5 Å². The topological polar surface area (TPSA) is 83.6 Å². The molecule has 0 bridgehead atoms. The van der Waals surface area contributed by atoms with Crippen LogP contribution in [-0.2, 0) is 13.2 Å². The normalized spacial score (nSPS) is 11.5. The number of thiophene rings is 1. The summed E-state index contributed by atoms with van der Waals surface area (Å²) >= 11 is 1.64. The van der Waals surface area contributed by atoms with Crippen LogP contribution in [0, 0.1) is 6.92 Å². The Bertz CT molecular complexity index is 1110. The van der Waals surface area contributed by atoms with E-state index in [2.05, 4.69) is 25.2 Å². The highest BCUT2D eigenvalue weighted by Gasteiger charge is 2.13. The minimum Gasteiger partial charge on any atom is -0.392 e. The van der Waals surface area contributed by atoms with E-state index in [9.17, 15) is 5.11 Å². The van der Waals surface area contributed by atoms with Gasteiger partial charge in [-0.1, -0.05) is 24.3 Å². The number of fused-ring (bicyclic) bond motifs is 1. The zero-order chi connectivity index (χ0) is 18.6. The molecule has 134 valence electrons. The quantitative estimate of drug-likeness (QED) is 0.506. The molecule has 0 fully saturated rings. The number of aliphatic hydroxyl groups is 1. The molecule has 0 spiro atoms. The Hall–Kier alpha value is -3.03. The second kappa shape index (κ2) is 7.69. The van der Waals surface area contributed by atoms with Gasteiger partial charge >= 0.3 is 0 Å². The van der Waals surface area contributed by atoms with E-state index in [1.165, 1.54) is 0 Å². The molecule has 7 heteroatoms. The van der Waals surface area contributed by atoms with Gasteiger partial charge in [0, 0.05) is 11.1 Å². The Kier molecular flexibility index (Phi) is 4.95. The molecule has 1 N–H and O–H groups in total. The number of aryl methyl sites for hydroxylation is 1. The number of azo groups is 1. The Morgan fingerprint density at radius 2 is 2.04 bits per heavy atom. The van der Waals surface area contributed by atoms with Crippen LogP contribution in [-0.4, -0.2) is 20.1 Å². The molecule has 27 heavy (non-hydrogen) atoms. The van der Waals surface area contributed by atoms with E-state index in [-0.39, 0.29) is 6.61 Å². The van der Waals surface area contributed by atoms with Gasteiger partial charge in [-0.25, -0.2) is 9.97 Å². The van der Waals surface area contributed by atoms with Crippen molar-refractivity contribution in [3.05, 3.63) is 71.7 Å². The summed E-state index contributed by atoms with van der Waals surface area (Å²) in [4.78, 5) is 14.2. The van der Waals surface area contributed by atoms with E-state index < -0.39 is 0 Å². The van der Waals surface area contributed by atoms with E-state index in [4.69, 9.17) is 0 Å². The van der Waals surface area contributed by atoms with E-state index in [0.29, 0.717) is 12.5 Å². The number of pyridine rings is 1. The molecule has 0 atom stereocenters. The molecule has 0 aliphatic heterocycles. The number of nitrogens with zero attached hydrogens (tertiary/aromatic N) is 5. The van der Waals surface area contributed by atoms with Gasteiger partial charge in [-0.3, -0.25) is 4.98 Å². The lowest BCUT2D eigenvalue weighted by Gasteiger charge is -2.02. The van der Waals surface area contributed by atoms with E-state index in [1.807, 2.05) is 49.4 Å². The van der Waals surface area contributed by atoms with Crippen molar-refractivity contribution in [2.75, 3.05) is 0 Å². The van der Waals surface area contributed by atoms with Crippen molar-refractivity contribution >= 4 is 27.5 Å². The Balaban J connectivity index is 1.63. The molecule has 3 heterocycles. The summed E-state index contributed by atoms with van der Waals surface area (Å²) in [7, 11) is 0. The molecule has 4 rings (SSSR count). The number of aliphatic hydroxyl groups excluding tert-OH is 1. The average molecular weight is 375 g/mol. The predicted octanol–water partition coefficient (Wildman–Crippen LogP) is 4.84. The van der Waals surface area contributed by atoms with Crippen LogP contribution >= 0.6 is 11.3 Å². The molecule has 0 aliphatic carbocycles. The highest BCUT2D eigenvalue weighted by Crippen LogP contribution is 2.37. The maximum Gasteiger partial charge on any atom is 0.269 e. The third-order valence-electron chi connectivity index (χ3n) is 4.14. The fourth-order valence-corrected chi connectivity index (χ4v) is 3.91. The van der Waals surface area contributed by atoms with Crippen molar-refractivity contribution in [2.24, 2.45) is 10.2 Å². The molecule has 0 saturated heterocycles. The Labute approximate surface area is 160 Å². The summed E-state index contributed by atoms with van der Waals surface area (Å²) in [6.45, 7) is 2.46. The molecular formula is C20H17N5OS. The van der Waals surface area contributed by atoms with E-state index in [1.54, 1.807) is 23.7 Å². The van der Waals surface area contributed by atoms with Gasteiger partial charge in [-0.05, 0) is 41.8 Å². The van der Waals surface area contributed by atoms with Crippen molar-refractivity contribution in [3.63, 3.8) is 0 Å². The Morgan fingerprint density at radius 3 is 2.85 bits per heavy atom. The first kappa shape index (κ1) is 17.4. The van der Waals surface area contributed by atoms with E-state index >= 15 is 0 Å². The maximum atomic E-state index is 9.37. The van der Waals surface area contributed by atoms with Gasteiger partial charge in [0.2, 0.25) is 0 Å². The molecule has 3 aromatic heterocycles. The van der Waals surface area contributed by atoms with E-state index in [0.717, 1.165) is 37.5 Å². The van der Waals surface area contributed by atoms with Crippen LogP contribution in [0.25, 0.3) is 20.7 Å². The van der Waals surface area contributed by atoms with Crippen LogP contribution in [0.1, 0.15) is 16.8 Å². The molecule has 0 radical (unpaired) electrons. The third-order valence-corrected chi connectivity index (χ3v) is 5.41.